The fourth-order valence-corrected chi connectivity index (χ4v) is 4.24. The Hall–Kier alpha value is -3.54. The summed E-state index contributed by atoms with van der Waals surface area (Å²) in [5.74, 6) is 0.304. The van der Waals surface area contributed by atoms with Gasteiger partial charge in [-0.25, -0.2) is 9.67 Å². The van der Waals surface area contributed by atoms with E-state index in [0.717, 1.165) is 25.0 Å². The van der Waals surface area contributed by atoms with E-state index in [1.54, 1.807) is 4.68 Å². The summed E-state index contributed by atoms with van der Waals surface area (Å²) >= 11 is 0. The van der Waals surface area contributed by atoms with Gasteiger partial charge < -0.3 is 24.4 Å². The number of aromatic nitrogens is 6. The van der Waals surface area contributed by atoms with E-state index in [4.69, 9.17) is 19.0 Å². The molecule has 0 spiro atoms. The standard InChI is InChI=1S/C24H33N7O5/c1-5-11-34-15(3)22-27-24(29-36-22)25-13-19-21(28-30-31(19)4)18-9-10-20(14(2)26-18)35-17-8-6-7-16(12-17)23(32)33/h9-10,15-17H,5-8,11-13H2,1-4H3,(H,25,29)(H,32,33)/t15?,16-,17-/m0/s1. The molecule has 2 N–H and O–H groups in total. The highest BCUT2D eigenvalue weighted by atomic mass is 16.5. The predicted octanol–water partition coefficient (Wildman–Crippen LogP) is 3.69. The fraction of sp³-hybridized carbons (Fsp3) is 0.583. The molecule has 1 fully saturated rings. The maximum Gasteiger partial charge on any atom is 0.306 e. The molecule has 12 nitrogen and oxygen atoms in total. The average molecular weight is 500 g/mol. The summed E-state index contributed by atoms with van der Waals surface area (Å²) in [6, 6.07) is 3.70. The lowest BCUT2D eigenvalue weighted by atomic mass is 9.87. The van der Waals surface area contributed by atoms with Gasteiger partial charge in [-0.05, 0) is 63.2 Å². The van der Waals surface area contributed by atoms with E-state index in [9.17, 15) is 9.90 Å². The van der Waals surface area contributed by atoms with Crippen LogP contribution in [0.2, 0.25) is 0 Å². The number of anilines is 1. The molecule has 0 bridgehead atoms. The molecule has 1 aliphatic rings. The van der Waals surface area contributed by atoms with Crippen LogP contribution in [0.4, 0.5) is 5.95 Å². The van der Waals surface area contributed by atoms with Crippen molar-refractivity contribution in [2.75, 3.05) is 11.9 Å². The second kappa shape index (κ2) is 11.5. The van der Waals surface area contributed by atoms with Crippen LogP contribution in [-0.4, -0.2) is 53.9 Å². The molecular formula is C24H33N7O5. The second-order valence-electron chi connectivity index (χ2n) is 9.05. The van der Waals surface area contributed by atoms with Crippen LogP contribution in [0.3, 0.4) is 0 Å². The molecule has 3 aromatic rings. The molecule has 4 rings (SSSR count). The fourth-order valence-electron chi connectivity index (χ4n) is 4.24. The van der Waals surface area contributed by atoms with Crippen molar-refractivity contribution in [3.05, 3.63) is 29.4 Å². The molecule has 0 radical (unpaired) electrons. The number of carbonyl (C=O) groups is 1. The van der Waals surface area contributed by atoms with Gasteiger partial charge in [0.1, 0.15) is 17.5 Å². The minimum atomic E-state index is -0.756. The van der Waals surface area contributed by atoms with Crippen LogP contribution in [0.5, 0.6) is 5.75 Å². The molecule has 1 saturated carbocycles. The summed E-state index contributed by atoms with van der Waals surface area (Å²) in [6.07, 6.45) is 3.40. The van der Waals surface area contributed by atoms with Crippen molar-refractivity contribution >= 4 is 11.9 Å². The molecule has 0 amide bonds. The first-order chi connectivity index (χ1) is 17.4. The minimum Gasteiger partial charge on any atom is -0.489 e. The zero-order valence-electron chi connectivity index (χ0n) is 21.1. The summed E-state index contributed by atoms with van der Waals surface area (Å²) in [5, 5.41) is 24.9. The van der Waals surface area contributed by atoms with Gasteiger partial charge in [-0.1, -0.05) is 12.1 Å². The summed E-state index contributed by atoms with van der Waals surface area (Å²) in [6.45, 7) is 6.76. The lowest BCUT2D eigenvalue weighted by molar-refractivity contribution is -0.143. The zero-order chi connectivity index (χ0) is 25.7. The Kier molecular flexibility index (Phi) is 8.14. The summed E-state index contributed by atoms with van der Waals surface area (Å²) in [5.41, 5.74) is 2.80. The van der Waals surface area contributed by atoms with Gasteiger partial charge in [-0.2, -0.15) is 4.98 Å². The number of carboxylic acids is 1. The first-order valence-corrected chi connectivity index (χ1v) is 12.3. The van der Waals surface area contributed by atoms with E-state index >= 15 is 0 Å². The van der Waals surface area contributed by atoms with Crippen molar-refractivity contribution in [3.63, 3.8) is 0 Å². The molecule has 3 aromatic heterocycles. The average Bonchev–Trinajstić information content (AvgIpc) is 3.49. The normalized spacial score (nSPS) is 18.7. The number of aryl methyl sites for hydroxylation is 2. The van der Waals surface area contributed by atoms with Crippen LogP contribution in [0, 0.1) is 12.8 Å². The molecule has 1 aliphatic carbocycles. The van der Waals surface area contributed by atoms with Crippen LogP contribution < -0.4 is 10.1 Å². The van der Waals surface area contributed by atoms with Crippen molar-refractivity contribution in [2.24, 2.45) is 13.0 Å². The van der Waals surface area contributed by atoms with E-state index in [1.807, 2.05) is 40.0 Å². The molecular weight excluding hydrogens is 466 g/mol. The van der Waals surface area contributed by atoms with Gasteiger partial charge in [-0.3, -0.25) is 4.79 Å². The quantitative estimate of drug-likeness (QED) is 0.397. The van der Waals surface area contributed by atoms with E-state index in [2.05, 4.69) is 25.8 Å². The molecule has 12 heteroatoms. The van der Waals surface area contributed by atoms with Crippen molar-refractivity contribution in [2.45, 2.75) is 71.6 Å². The summed E-state index contributed by atoms with van der Waals surface area (Å²) in [4.78, 5) is 20.4. The van der Waals surface area contributed by atoms with Gasteiger partial charge in [0, 0.05) is 13.7 Å². The molecule has 36 heavy (non-hydrogen) atoms. The van der Waals surface area contributed by atoms with Crippen LogP contribution >= 0.6 is 0 Å². The van der Waals surface area contributed by atoms with E-state index < -0.39 is 5.97 Å². The Morgan fingerprint density at radius 3 is 2.92 bits per heavy atom. The van der Waals surface area contributed by atoms with Crippen molar-refractivity contribution in [1.29, 1.82) is 0 Å². The topological polar surface area (TPSA) is 150 Å². The third kappa shape index (κ3) is 5.99. The third-order valence-corrected chi connectivity index (χ3v) is 6.27. The molecule has 194 valence electrons. The van der Waals surface area contributed by atoms with Crippen molar-refractivity contribution in [1.82, 2.24) is 30.1 Å². The minimum absolute atomic E-state index is 0.127. The Morgan fingerprint density at radius 2 is 2.17 bits per heavy atom. The molecule has 1 unspecified atom stereocenters. The number of rotatable bonds is 11. The molecule has 0 aromatic carbocycles. The molecule has 0 saturated heterocycles. The van der Waals surface area contributed by atoms with Gasteiger partial charge >= 0.3 is 5.97 Å². The summed E-state index contributed by atoms with van der Waals surface area (Å²) in [7, 11) is 1.81. The maximum absolute atomic E-state index is 11.4. The number of hydrogen-bond donors (Lipinski definition) is 2. The first kappa shape index (κ1) is 25.5. The highest BCUT2D eigenvalue weighted by Gasteiger charge is 2.28. The van der Waals surface area contributed by atoms with Gasteiger partial charge in [0.2, 0.25) is 0 Å². The first-order valence-electron chi connectivity index (χ1n) is 12.3. The molecule has 0 aliphatic heterocycles. The van der Waals surface area contributed by atoms with Gasteiger partial charge in [0.05, 0.1) is 35.6 Å². The van der Waals surface area contributed by atoms with E-state index in [1.165, 1.54) is 0 Å². The lowest BCUT2D eigenvalue weighted by Gasteiger charge is -2.27. The monoisotopic (exact) mass is 499 g/mol. The smallest absolute Gasteiger partial charge is 0.306 e. The van der Waals surface area contributed by atoms with Crippen LogP contribution in [0.1, 0.15) is 69.3 Å². The number of nitrogens with zero attached hydrogens (tertiary/aromatic N) is 6. The zero-order valence-corrected chi connectivity index (χ0v) is 21.1. The van der Waals surface area contributed by atoms with Gasteiger partial charge in [0.25, 0.3) is 11.8 Å². The Balaban J connectivity index is 1.43. The van der Waals surface area contributed by atoms with Crippen LogP contribution in [-0.2, 0) is 23.1 Å². The van der Waals surface area contributed by atoms with E-state index in [0.29, 0.717) is 60.7 Å². The highest BCUT2D eigenvalue weighted by Crippen LogP contribution is 2.30. The maximum atomic E-state index is 11.4. The largest absolute Gasteiger partial charge is 0.489 e. The number of ether oxygens (including phenoxy) is 2. The van der Waals surface area contributed by atoms with Gasteiger partial charge in [0.15, 0.2) is 0 Å². The Morgan fingerprint density at radius 1 is 1.33 bits per heavy atom. The number of carboxylic acid groups (broad SMARTS) is 1. The highest BCUT2D eigenvalue weighted by molar-refractivity contribution is 5.70. The lowest BCUT2D eigenvalue weighted by Crippen LogP contribution is -2.29. The van der Waals surface area contributed by atoms with Crippen molar-refractivity contribution < 1.29 is 23.9 Å². The number of nitrogens with one attached hydrogen (secondary N) is 1. The molecule has 3 heterocycles. The van der Waals surface area contributed by atoms with Crippen LogP contribution in [0.15, 0.2) is 16.7 Å². The number of hydrogen-bond acceptors (Lipinski definition) is 10. The molecule has 3 atom stereocenters. The van der Waals surface area contributed by atoms with E-state index in [-0.39, 0.29) is 18.1 Å². The predicted molar refractivity (Wildman–Crippen MR) is 129 cm³/mol. The van der Waals surface area contributed by atoms with Crippen molar-refractivity contribution in [3.8, 4) is 17.1 Å². The van der Waals surface area contributed by atoms with Crippen LogP contribution in [0.25, 0.3) is 11.4 Å². The number of aliphatic carboxylic acids is 1. The Labute approximate surface area is 209 Å². The SMILES string of the molecule is CCCOC(C)c1nc(NCc2c(-c3ccc(O[C@H]4CCC[C@H](C(=O)O)C4)c(C)n3)nnn2C)no1. The number of pyridine rings is 1. The second-order valence-corrected chi connectivity index (χ2v) is 9.05. The third-order valence-electron chi connectivity index (χ3n) is 6.27. The Bertz CT molecular complexity index is 1180. The van der Waals surface area contributed by atoms with Gasteiger partial charge in [-0.15, -0.1) is 5.10 Å². The summed E-state index contributed by atoms with van der Waals surface area (Å²) < 4.78 is 18.7.